The smallest absolute Gasteiger partial charge is 0.135 e. The molecule has 1 saturated carbocycles. The van der Waals surface area contributed by atoms with E-state index in [0.29, 0.717) is 11.7 Å². The first kappa shape index (κ1) is 13.7. The van der Waals surface area contributed by atoms with Gasteiger partial charge in [0.2, 0.25) is 0 Å². The van der Waals surface area contributed by atoms with E-state index in [0.717, 1.165) is 31.6 Å². The van der Waals surface area contributed by atoms with E-state index in [-0.39, 0.29) is 0 Å². The third kappa shape index (κ3) is 5.14. The maximum atomic E-state index is 11.7. The van der Waals surface area contributed by atoms with Gasteiger partial charge in [0.1, 0.15) is 5.78 Å². The van der Waals surface area contributed by atoms with Crippen LogP contribution in [-0.2, 0) is 4.79 Å². The number of hydrogen-bond donors (Lipinski definition) is 0. The number of carbonyl (C=O) groups is 1. The average Bonchev–Trinajstić information content (AvgIpc) is 2.28. The highest BCUT2D eigenvalue weighted by Gasteiger charge is 2.25. The molecule has 1 aliphatic rings. The molecule has 0 aliphatic heterocycles. The zero-order chi connectivity index (χ0) is 11.8. The van der Waals surface area contributed by atoms with Crippen LogP contribution >= 0.6 is 0 Å². The minimum Gasteiger partial charge on any atom is -0.299 e. The fraction of sp³-hybridized carbons (Fsp3) is 0.933. The summed E-state index contributed by atoms with van der Waals surface area (Å²) < 4.78 is 0. The van der Waals surface area contributed by atoms with Crippen LogP contribution in [0.25, 0.3) is 0 Å². The Hall–Kier alpha value is -0.330. The molecule has 16 heavy (non-hydrogen) atoms. The van der Waals surface area contributed by atoms with Crippen molar-refractivity contribution in [3.8, 4) is 0 Å². The molecule has 0 amide bonds. The predicted octanol–water partition coefficient (Wildman–Crippen LogP) is 4.74. The fourth-order valence-corrected chi connectivity index (χ4v) is 2.78. The molecule has 0 aromatic carbocycles. The molecule has 94 valence electrons. The zero-order valence-corrected chi connectivity index (χ0v) is 11.1. The topological polar surface area (TPSA) is 17.1 Å². The van der Waals surface area contributed by atoms with Gasteiger partial charge >= 0.3 is 0 Å². The zero-order valence-electron chi connectivity index (χ0n) is 11.1. The van der Waals surface area contributed by atoms with E-state index in [1.807, 2.05) is 0 Å². The SMILES string of the molecule is CCCCCCCCC1CC(C)CCC1=O. The molecular formula is C15H28O. The van der Waals surface area contributed by atoms with Crippen molar-refractivity contribution in [1.82, 2.24) is 0 Å². The Morgan fingerprint density at radius 2 is 1.81 bits per heavy atom. The first-order valence-corrected chi connectivity index (χ1v) is 7.26. The Morgan fingerprint density at radius 1 is 1.12 bits per heavy atom. The van der Waals surface area contributed by atoms with Crippen LogP contribution in [0.5, 0.6) is 0 Å². The third-order valence-corrected chi connectivity index (χ3v) is 3.93. The number of rotatable bonds is 7. The summed E-state index contributed by atoms with van der Waals surface area (Å²) >= 11 is 0. The summed E-state index contributed by atoms with van der Waals surface area (Å²) in [6.45, 7) is 4.54. The first-order valence-electron chi connectivity index (χ1n) is 7.26. The van der Waals surface area contributed by atoms with Crippen LogP contribution in [-0.4, -0.2) is 5.78 Å². The standard InChI is InChI=1S/C15H28O/c1-3-4-5-6-7-8-9-14-12-13(2)10-11-15(14)16/h13-14H,3-12H2,1-2H3. The maximum absolute atomic E-state index is 11.7. The lowest BCUT2D eigenvalue weighted by Gasteiger charge is -2.25. The van der Waals surface area contributed by atoms with Crippen LogP contribution in [0.4, 0.5) is 0 Å². The average molecular weight is 224 g/mol. The number of ketones is 1. The van der Waals surface area contributed by atoms with Crippen LogP contribution in [0.15, 0.2) is 0 Å². The van der Waals surface area contributed by atoms with Gasteiger partial charge < -0.3 is 0 Å². The monoisotopic (exact) mass is 224 g/mol. The molecule has 0 radical (unpaired) electrons. The molecule has 1 heteroatoms. The fourth-order valence-electron chi connectivity index (χ4n) is 2.78. The molecule has 0 bridgehead atoms. The van der Waals surface area contributed by atoms with Crippen molar-refractivity contribution in [2.24, 2.45) is 11.8 Å². The van der Waals surface area contributed by atoms with Crippen LogP contribution in [0.2, 0.25) is 0 Å². The Bertz CT molecular complexity index is 198. The van der Waals surface area contributed by atoms with Gasteiger partial charge in [-0.3, -0.25) is 4.79 Å². The van der Waals surface area contributed by atoms with E-state index >= 15 is 0 Å². The van der Waals surface area contributed by atoms with Gasteiger partial charge in [-0.2, -0.15) is 0 Å². The molecule has 2 atom stereocenters. The van der Waals surface area contributed by atoms with Crippen molar-refractivity contribution >= 4 is 5.78 Å². The number of unbranched alkanes of at least 4 members (excludes halogenated alkanes) is 5. The second kappa shape index (κ2) is 7.86. The summed E-state index contributed by atoms with van der Waals surface area (Å²) in [6.07, 6.45) is 12.3. The highest BCUT2D eigenvalue weighted by atomic mass is 16.1. The van der Waals surface area contributed by atoms with E-state index in [2.05, 4.69) is 13.8 Å². The molecule has 0 saturated heterocycles. The van der Waals surface area contributed by atoms with E-state index < -0.39 is 0 Å². The van der Waals surface area contributed by atoms with Crippen molar-refractivity contribution in [3.05, 3.63) is 0 Å². The van der Waals surface area contributed by atoms with Crippen LogP contribution in [0.3, 0.4) is 0 Å². The van der Waals surface area contributed by atoms with E-state index in [1.165, 1.54) is 38.5 Å². The Kier molecular flexibility index (Phi) is 6.75. The second-order valence-corrected chi connectivity index (χ2v) is 5.60. The Labute approximate surface area is 101 Å². The number of Topliss-reactive ketones (excluding diaryl/α,β-unsaturated/α-hetero) is 1. The summed E-state index contributed by atoms with van der Waals surface area (Å²) in [6, 6.07) is 0. The molecule has 1 aliphatic carbocycles. The molecule has 0 N–H and O–H groups in total. The van der Waals surface area contributed by atoms with Gasteiger partial charge in [-0.1, -0.05) is 52.4 Å². The van der Waals surface area contributed by atoms with Gasteiger partial charge in [-0.15, -0.1) is 0 Å². The van der Waals surface area contributed by atoms with Gasteiger partial charge in [0.05, 0.1) is 0 Å². The van der Waals surface area contributed by atoms with Gasteiger partial charge in [-0.05, 0) is 25.2 Å². The molecule has 2 unspecified atom stereocenters. The third-order valence-electron chi connectivity index (χ3n) is 3.93. The van der Waals surface area contributed by atoms with Crippen molar-refractivity contribution in [1.29, 1.82) is 0 Å². The van der Waals surface area contributed by atoms with Crippen molar-refractivity contribution in [2.75, 3.05) is 0 Å². The lowest BCUT2D eigenvalue weighted by atomic mass is 9.79. The molecule has 1 nitrogen and oxygen atoms in total. The van der Waals surface area contributed by atoms with Gasteiger partial charge in [0.25, 0.3) is 0 Å². The molecule has 0 aromatic rings. The largest absolute Gasteiger partial charge is 0.299 e. The highest BCUT2D eigenvalue weighted by Crippen LogP contribution is 2.29. The van der Waals surface area contributed by atoms with Crippen LogP contribution < -0.4 is 0 Å². The molecule has 0 aromatic heterocycles. The summed E-state index contributed by atoms with van der Waals surface area (Å²) in [7, 11) is 0. The highest BCUT2D eigenvalue weighted by molar-refractivity contribution is 5.81. The molecule has 0 heterocycles. The second-order valence-electron chi connectivity index (χ2n) is 5.60. The number of hydrogen-bond acceptors (Lipinski definition) is 1. The van der Waals surface area contributed by atoms with Crippen LogP contribution in [0.1, 0.15) is 78.1 Å². The minimum absolute atomic E-state index is 0.412. The van der Waals surface area contributed by atoms with E-state index in [1.54, 1.807) is 0 Å². The molecule has 1 fully saturated rings. The van der Waals surface area contributed by atoms with E-state index in [4.69, 9.17) is 0 Å². The molecule has 0 spiro atoms. The minimum atomic E-state index is 0.412. The van der Waals surface area contributed by atoms with E-state index in [9.17, 15) is 4.79 Å². The Balaban J connectivity index is 2.05. The quantitative estimate of drug-likeness (QED) is 0.571. The summed E-state index contributed by atoms with van der Waals surface area (Å²) in [5.41, 5.74) is 0. The summed E-state index contributed by atoms with van der Waals surface area (Å²) in [5, 5.41) is 0. The lowest BCUT2D eigenvalue weighted by Crippen LogP contribution is -2.23. The Morgan fingerprint density at radius 3 is 2.56 bits per heavy atom. The van der Waals surface area contributed by atoms with Crippen LogP contribution in [0, 0.1) is 11.8 Å². The van der Waals surface area contributed by atoms with Crippen molar-refractivity contribution in [2.45, 2.75) is 78.1 Å². The van der Waals surface area contributed by atoms with Crippen molar-refractivity contribution < 1.29 is 4.79 Å². The van der Waals surface area contributed by atoms with Gasteiger partial charge in [-0.25, -0.2) is 0 Å². The molecule has 1 rings (SSSR count). The van der Waals surface area contributed by atoms with Gasteiger partial charge in [0, 0.05) is 12.3 Å². The first-order chi connectivity index (χ1) is 7.74. The summed E-state index contributed by atoms with van der Waals surface area (Å²) in [5.74, 6) is 1.74. The normalized spacial score (nSPS) is 26.0. The maximum Gasteiger partial charge on any atom is 0.135 e. The summed E-state index contributed by atoms with van der Waals surface area (Å²) in [4.78, 5) is 11.7. The number of carbonyl (C=O) groups excluding carboxylic acids is 1. The van der Waals surface area contributed by atoms with Gasteiger partial charge in [0.15, 0.2) is 0 Å². The molecular weight excluding hydrogens is 196 g/mol. The van der Waals surface area contributed by atoms with Crippen molar-refractivity contribution in [3.63, 3.8) is 0 Å². The predicted molar refractivity (Wildman–Crippen MR) is 69.5 cm³/mol. The lowest BCUT2D eigenvalue weighted by molar-refractivity contribution is -0.125.